The summed E-state index contributed by atoms with van der Waals surface area (Å²) in [4.78, 5) is 0. The molecule has 0 saturated heterocycles. The smallest absolute Gasteiger partial charge is 0.0574 e. The van der Waals surface area contributed by atoms with Gasteiger partial charge in [-0.15, -0.1) is 0 Å². The summed E-state index contributed by atoms with van der Waals surface area (Å²) in [6, 6.07) is 0. The lowest BCUT2D eigenvalue weighted by atomic mass is 9.87. The van der Waals surface area contributed by atoms with Crippen molar-refractivity contribution < 1.29 is 10.2 Å². The highest BCUT2D eigenvalue weighted by molar-refractivity contribution is 4.94. The van der Waals surface area contributed by atoms with Crippen molar-refractivity contribution >= 4 is 0 Å². The molecular weight excluding hydrogens is 128 g/mol. The Kier molecular flexibility index (Phi) is 1.46. The standard InChI is InChI=1S/C8H14O2/c9-4-6-1-5-2-7(6)8(10)3-5/h5-10H,1-4H2/t5?,6?,7?,8-/m1/s1. The second-order valence-electron chi connectivity index (χ2n) is 3.75. The molecule has 2 nitrogen and oxygen atoms in total. The Morgan fingerprint density at radius 1 is 1.20 bits per heavy atom. The lowest BCUT2D eigenvalue weighted by molar-refractivity contribution is 0.0560. The molecule has 0 aromatic heterocycles. The van der Waals surface area contributed by atoms with Crippen molar-refractivity contribution in [3.63, 3.8) is 0 Å². The molecule has 2 rings (SSSR count). The van der Waals surface area contributed by atoms with Crippen LogP contribution in [0.15, 0.2) is 0 Å². The van der Waals surface area contributed by atoms with Gasteiger partial charge in [-0.3, -0.25) is 0 Å². The van der Waals surface area contributed by atoms with Crippen LogP contribution in [0.1, 0.15) is 19.3 Å². The summed E-state index contributed by atoms with van der Waals surface area (Å²) in [7, 11) is 0. The average molecular weight is 142 g/mol. The molecule has 0 aromatic carbocycles. The lowest BCUT2D eigenvalue weighted by Gasteiger charge is -2.23. The van der Waals surface area contributed by atoms with Gasteiger partial charge in [0.05, 0.1) is 6.10 Å². The number of hydrogen-bond acceptors (Lipinski definition) is 2. The maximum absolute atomic E-state index is 9.41. The molecule has 0 radical (unpaired) electrons. The van der Waals surface area contributed by atoms with Crippen LogP contribution in [0.5, 0.6) is 0 Å². The molecule has 4 atom stereocenters. The summed E-state index contributed by atoms with van der Waals surface area (Å²) < 4.78 is 0. The molecule has 2 aliphatic rings. The molecule has 2 N–H and O–H groups in total. The third kappa shape index (κ3) is 0.789. The summed E-state index contributed by atoms with van der Waals surface area (Å²) in [5, 5.41) is 18.3. The van der Waals surface area contributed by atoms with Crippen LogP contribution < -0.4 is 0 Å². The summed E-state index contributed by atoms with van der Waals surface area (Å²) in [5.41, 5.74) is 0. The molecule has 3 unspecified atom stereocenters. The maximum Gasteiger partial charge on any atom is 0.0574 e. The van der Waals surface area contributed by atoms with E-state index in [0.29, 0.717) is 11.8 Å². The topological polar surface area (TPSA) is 40.5 Å². The van der Waals surface area contributed by atoms with Crippen molar-refractivity contribution in [3.8, 4) is 0 Å². The van der Waals surface area contributed by atoms with Crippen LogP contribution >= 0.6 is 0 Å². The second kappa shape index (κ2) is 2.21. The predicted molar refractivity (Wildman–Crippen MR) is 37.4 cm³/mol. The molecule has 0 aliphatic heterocycles. The van der Waals surface area contributed by atoms with Gasteiger partial charge in [-0.05, 0) is 37.0 Å². The van der Waals surface area contributed by atoms with Gasteiger partial charge in [0, 0.05) is 6.61 Å². The fraction of sp³-hybridized carbons (Fsp3) is 1.00. The van der Waals surface area contributed by atoms with Crippen LogP contribution in [0.3, 0.4) is 0 Å². The minimum Gasteiger partial charge on any atom is -0.396 e. The number of hydrogen-bond donors (Lipinski definition) is 2. The maximum atomic E-state index is 9.41. The quantitative estimate of drug-likeness (QED) is 0.556. The zero-order valence-corrected chi connectivity index (χ0v) is 6.03. The van der Waals surface area contributed by atoms with E-state index in [2.05, 4.69) is 0 Å². The Bertz CT molecular complexity index is 133. The van der Waals surface area contributed by atoms with Gasteiger partial charge in [-0.25, -0.2) is 0 Å². The minimum absolute atomic E-state index is 0.101. The molecule has 10 heavy (non-hydrogen) atoms. The van der Waals surface area contributed by atoms with Crippen molar-refractivity contribution in [1.82, 2.24) is 0 Å². The molecule has 0 amide bonds. The molecule has 2 bridgehead atoms. The number of aliphatic hydroxyl groups excluding tert-OH is 2. The fourth-order valence-corrected chi connectivity index (χ4v) is 2.67. The molecule has 2 aliphatic carbocycles. The molecule has 0 aromatic rings. The number of fused-ring (bicyclic) bond motifs is 2. The van der Waals surface area contributed by atoms with E-state index in [1.807, 2.05) is 0 Å². The number of aliphatic hydroxyl groups is 2. The molecular formula is C8H14O2. The Morgan fingerprint density at radius 2 is 2.00 bits per heavy atom. The SMILES string of the molecule is OCC1CC2CC1[C@H](O)C2. The molecule has 0 heterocycles. The Labute approximate surface area is 60.9 Å². The van der Waals surface area contributed by atoms with E-state index in [9.17, 15) is 5.11 Å². The van der Waals surface area contributed by atoms with Crippen LogP contribution in [0.4, 0.5) is 0 Å². The van der Waals surface area contributed by atoms with Gasteiger partial charge < -0.3 is 10.2 Å². The third-order valence-electron chi connectivity index (χ3n) is 3.15. The predicted octanol–water partition coefficient (Wildman–Crippen LogP) is 0.386. The molecule has 2 heteroatoms. The summed E-state index contributed by atoms with van der Waals surface area (Å²) in [6.45, 7) is 0.276. The van der Waals surface area contributed by atoms with Crippen molar-refractivity contribution in [2.75, 3.05) is 6.61 Å². The van der Waals surface area contributed by atoms with Crippen molar-refractivity contribution in [2.24, 2.45) is 17.8 Å². The largest absolute Gasteiger partial charge is 0.396 e. The fourth-order valence-electron chi connectivity index (χ4n) is 2.67. The van der Waals surface area contributed by atoms with Gasteiger partial charge in [0.25, 0.3) is 0 Å². The van der Waals surface area contributed by atoms with Gasteiger partial charge in [0.1, 0.15) is 0 Å². The molecule has 2 fully saturated rings. The van der Waals surface area contributed by atoms with E-state index in [1.165, 1.54) is 0 Å². The number of rotatable bonds is 1. The highest BCUT2D eigenvalue weighted by atomic mass is 16.3. The Morgan fingerprint density at radius 3 is 2.40 bits per heavy atom. The Balaban J connectivity index is 2.06. The van der Waals surface area contributed by atoms with Crippen LogP contribution in [0, 0.1) is 17.8 Å². The van der Waals surface area contributed by atoms with Gasteiger partial charge in [-0.2, -0.15) is 0 Å². The van der Waals surface area contributed by atoms with Gasteiger partial charge >= 0.3 is 0 Å². The highest BCUT2D eigenvalue weighted by Gasteiger charge is 2.44. The van der Waals surface area contributed by atoms with E-state index in [1.54, 1.807) is 0 Å². The van der Waals surface area contributed by atoms with E-state index in [4.69, 9.17) is 5.11 Å². The zero-order valence-electron chi connectivity index (χ0n) is 6.03. The normalized spacial score (nSPS) is 52.2. The average Bonchev–Trinajstić information content (AvgIpc) is 2.44. The van der Waals surface area contributed by atoms with E-state index in [-0.39, 0.29) is 12.7 Å². The summed E-state index contributed by atoms with van der Waals surface area (Å²) in [5.74, 6) is 1.56. The monoisotopic (exact) mass is 142 g/mol. The molecule has 0 spiro atoms. The summed E-state index contributed by atoms with van der Waals surface area (Å²) in [6.07, 6.45) is 3.20. The van der Waals surface area contributed by atoms with Crippen LogP contribution in [-0.4, -0.2) is 22.9 Å². The lowest BCUT2D eigenvalue weighted by Crippen LogP contribution is -2.26. The summed E-state index contributed by atoms with van der Waals surface area (Å²) >= 11 is 0. The van der Waals surface area contributed by atoms with E-state index >= 15 is 0 Å². The van der Waals surface area contributed by atoms with Crippen molar-refractivity contribution in [2.45, 2.75) is 25.4 Å². The van der Waals surface area contributed by atoms with E-state index < -0.39 is 0 Å². The van der Waals surface area contributed by atoms with Gasteiger partial charge in [0.15, 0.2) is 0 Å². The minimum atomic E-state index is -0.101. The zero-order chi connectivity index (χ0) is 7.14. The first-order valence-corrected chi connectivity index (χ1v) is 4.10. The van der Waals surface area contributed by atoms with Crippen LogP contribution in [-0.2, 0) is 0 Å². The Hall–Kier alpha value is -0.0800. The highest BCUT2D eigenvalue weighted by Crippen LogP contribution is 2.47. The third-order valence-corrected chi connectivity index (χ3v) is 3.15. The van der Waals surface area contributed by atoms with Gasteiger partial charge in [0.2, 0.25) is 0 Å². The molecule has 58 valence electrons. The van der Waals surface area contributed by atoms with E-state index in [0.717, 1.165) is 25.2 Å². The first-order valence-electron chi connectivity index (χ1n) is 4.10. The molecule has 2 saturated carbocycles. The second-order valence-corrected chi connectivity index (χ2v) is 3.75. The first kappa shape index (κ1) is 6.62. The van der Waals surface area contributed by atoms with Crippen molar-refractivity contribution in [1.29, 1.82) is 0 Å². The first-order chi connectivity index (χ1) is 4.81. The van der Waals surface area contributed by atoms with Crippen LogP contribution in [0.2, 0.25) is 0 Å². The van der Waals surface area contributed by atoms with Crippen molar-refractivity contribution in [3.05, 3.63) is 0 Å². The van der Waals surface area contributed by atoms with Crippen LogP contribution in [0.25, 0.3) is 0 Å². The van der Waals surface area contributed by atoms with Gasteiger partial charge in [-0.1, -0.05) is 0 Å².